The summed E-state index contributed by atoms with van der Waals surface area (Å²) in [7, 11) is 0. The largest absolute Gasteiger partial charge is 0.463 e. The quantitative estimate of drug-likeness (QED) is 0.832. The molecule has 0 bridgehead atoms. The molecule has 0 atom stereocenters. The predicted molar refractivity (Wildman–Crippen MR) is 57.0 cm³/mol. The van der Waals surface area contributed by atoms with Gasteiger partial charge >= 0.3 is 6.09 Å². The van der Waals surface area contributed by atoms with E-state index in [-0.39, 0.29) is 6.61 Å². The molecular formula is C11H9FN2O3. The van der Waals surface area contributed by atoms with E-state index in [0.717, 1.165) is 0 Å². The van der Waals surface area contributed by atoms with Crippen molar-refractivity contribution in [2.24, 2.45) is 0 Å². The maximum absolute atomic E-state index is 12.7. The Morgan fingerprint density at radius 2 is 2.00 bits per heavy atom. The van der Waals surface area contributed by atoms with E-state index in [9.17, 15) is 9.18 Å². The first kappa shape index (κ1) is 11.3. The third-order valence-electron chi connectivity index (χ3n) is 2.27. The monoisotopic (exact) mass is 236 g/mol. The van der Waals surface area contributed by atoms with Gasteiger partial charge in [-0.05, 0) is 24.3 Å². The average Bonchev–Trinajstić information content (AvgIpc) is 2.74. The van der Waals surface area contributed by atoms with Gasteiger partial charge in [-0.2, -0.15) is 9.78 Å². The van der Waals surface area contributed by atoms with Crippen LogP contribution in [0.4, 0.5) is 9.18 Å². The topological polar surface area (TPSA) is 75.3 Å². The Kier molecular flexibility index (Phi) is 2.88. The van der Waals surface area contributed by atoms with Crippen LogP contribution in [-0.4, -0.2) is 26.1 Å². The third kappa shape index (κ3) is 2.16. The normalized spacial score (nSPS) is 10.5. The van der Waals surface area contributed by atoms with Crippen LogP contribution < -0.4 is 0 Å². The lowest BCUT2D eigenvalue weighted by atomic mass is 10.1. The molecule has 0 spiro atoms. The predicted octanol–water partition coefficient (Wildman–Crippen LogP) is 1.71. The first-order valence-electron chi connectivity index (χ1n) is 4.80. The van der Waals surface area contributed by atoms with Gasteiger partial charge in [-0.1, -0.05) is 0 Å². The molecule has 0 unspecified atom stereocenters. The van der Waals surface area contributed by atoms with Crippen LogP contribution in [0.25, 0.3) is 11.3 Å². The minimum absolute atomic E-state index is 0.329. The zero-order valence-electron chi connectivity index (χ0n) is 8.67. The van der Waals surface area contributed by atoms with Crippen LogP contribution in [0.5, 0.6) is 0 Å². The first-order chi connectivity index (χ1) is 8.11. The minimum atomic E-state index is -1.24. The summed E-state index contributed by atoms with van der Waals surface area (Å²) < 4.78 is 13.5. The number of hydrogen-bond donors (Lipinski definition) is 2. The Hall–Kier alpha value is -2.21. The van der Waals surface area contributed by atoms with Crippen LogP contribution in [0.2, 0.25) is 0 Å². The summed E-state index contributed by atoms with van der Waals surface area (Å²) in [5.74, 6) is -0.392. The van der Waals surface area contributed by atoms with Crippen LogP contribution in [-0.2, 0) is 6.61 Å². The van der Waals surface area contributed by atoms with Crippen molar-refractivity contribution < 1.29 is 19.4 Å². The second-order valence-electron chi connectivity index (χ2n) is 3.40. The molecule has 2 aromatic rings. The number of hydrogen-bond acceptors (Lipinski definition) is 3. The summed E-state index contributed by atoms with van der Waals surface area (Å²) >= 11 is 0. The minimum Gasteiger partial charge on any atom is -0.463 e. The van der Waals surface area contributed by atoms with Crippen molar-refractivity contribution in [2.45, 2.75) is 6.61 Å². The van der Waals surface area contributed by atoms with Crippen molar-refractivity contribution in [3.63, 3.8) is 0 Å². The highest BCUT2D eigenvalue weighted by atomic mass is 19.1. The van der Waals surface area contributed by atoms with Crippen molar-refractivity contribution in [3.05, 3.63) is 41.8 Å². The summed E-state index contributed by atoms with van der Waals surface area (Å²) in [4.78, 5) is 10.7. The van der Waals surface area contributed by atoms with Crippen molar-refractivity contribution in [3.8, 4) is 11.3 Å². The zero-order chi connectivity index (χ0) is 12.4. The van der Waals surface area contributed by atoms with Crippen LogP contribution in [0.15, 0.2) is 30.5 Å². The molecule has 17 heavy (non-hydrogen) atoms. The Morgan fingerprint density at radius 3 is 2.53 bits per heavy atom. The van der Waals surface area contributed by atoms with Gasteiger partial charge in [-0.3, -0.25) is 0 Å². The van der Waals surface area contributed by atoms with Crippen molar-refractivity contribution in [1.29, 1.82) is 0 Å². The summed E-state index contributed by atoms with van der Waals surface area (Å²) in [6.07, 6.45) is -0.0193. The molecule has 2 N–H and O–H groups in total. The molecule has 0 aliphatic heterocycles. The average molecular weight is 236 g/mol. The van der Waals surface area contributed by atoms with Crippen molar-refractivity contribution in [2.75, 3.05) is 0 Å². The number of aliphatic hydroxyl groups excluding tert-OH is 1. The molecule has 1 aromatic heterocycles. The SMILES string of the molecule is O=C(O)n1cc(CO)c(-c2ccc(F)cc2)n1. The highest BCUT2D eigenvalue weighted by Gasteiger charge is 2.13. The Balaban J connectivity index is 2.50. The lowest BCUT2D eigenvalue weighted by Crippen LogP contribution is -2.07. The molecule has 88 valence electrons. The van der Waals surface area contributed by atoms with E-state index in [1.165, 1.54) is 30.5 Å². The lowest BCUT2D eigenvalue weighted by molar-refractivity contribution is 0.192. The molecule has 0 saturated carbocycles. The van der Waals surface area contributed by atoms with Gasteiger partial charge in [0.15, 0.2) is 0 Å². The van der Waals surface area contributed by atoms with Gasteiger partial charge in [-0.15, -0.1) is 0 Å². The molecule has 0 saturated heterocycles. The standard InChI is InChI=1S/C11H9FN2O3/c12-9-3-1-7(2-4-9)10-8(6-15)5-14(13-10)11(16)17/h1-5,15H,6H2,(H,16,17). The second-order valence-corrected chi connectivity index (χ2v) is 3.40. The van der Waals surface area contributed by atoms with Gasteiger partial charge < -0.3 is 10.2 Å². The maximum Gasteiger partial charge on any atom is 0.432 e. The maximum atomic E-state index is 12.7. The summed E-state index contributed by atoms with van der Waals surface area (Å²) in [6.45, 7) is -0.333. The molecule has 1 aromatic carbocycles. The molecule has 0 aliphatic carbocycles. The zero-order valence-corrected chi connectivity index (χ0v) is 8.67. The Labute approximate surface area is 95.7 Å². The molecule has 2 rings (SSSR count). The molecule has 0 amide bonds. The molecule has 5 nitrogen and oxygen atoms in total. The second kappa shape index (κ2) is 4.34. The molecule has 0 aliphatic rings. The molecular weight excluding hydrogens is 227 g/mol. The fraction of sp³-hybridized carbons (Fsp3) is 0.0909. The Bertz CT molecular complexity index is 548. The van der Waals surface area contributed by atoms with E-state index in [4.69, 9.17) is 10.2 Å². The van der Waals surface area contributed by atoms with E-state index >= 15 is 0 Å². The third-order valence-corrected chi connectivity index (χ3v) is 2.27. The number of benzene rings is 1. The van der Waals surface area contributed by atoms with E-state index < -0.39 is 11.9 Å². The molecule has 0 fully saturated rings. The fourth-order valence-corrected chi connectivity index (χ4v) is 1.47. The smallest absolute Gasteiger partial charge is 0.432 e. The van der Waals surface area contributed by atoms with Crippen LogP contribution in [0.3, 0.4) is 0 Å². The van der Waals surface area contributed by atoms with E-state index in [0.29, 0.717) is 21.5 Å². The number of rotatable bonds is 2. The van der Waals surface area contributed by atoms with E-state index in [1.807, 2.05) is 0 Å². The number of carbonyl (C=O) groups is 1. The highest BCUT2D eigenvalue weighted by Crippen LogP contribution is 2.22. The first-order valence-corrected chi connectivity index (χ1v) is 4.80. The lowest BCUT2D eigenvalue weighted by Gasteiger charge is -1.98. The highest BCUT2D eigenvalue weighted by molar-refractivity contribution is 5.70. The number of halogens is 1. The molecule has 6 heteroatoms. The van der Waals surface area contributed by atoms with Gasteiger partial charge in [0, 0.05) is 17.3 Å². The van der Waals surface area contributed by atoms with Crippen LogP contribution in [0.1, 0.15) is 5.56 Å². The van der Waals surface area contributed by atoms with E-state index in [2.05, 4.69) is 5.10 Å². The number of nitrogens with zero attached hydrogens (tertiary/aromatic N) is 2. The van der Waals surface area contributed by atoms with Crippen LogP contribution in [0, 0.1) is 5.82 Å². The van der Waals surface area contributed by atoms with Gasteiger partial charge in [-0.25, -0.2) is 9.18 Å². The fourth-order valence-electron chi connectivity index (χ4n) is 1.47. The van der Waals surface area contributed by atoms with Gasteiger partial charge in [0.25, 0.3) is 0 Å². The van der Waals surface area contributed by atoms with Gasteiger partial charge in [0.05, 0.1) is 12.3 Å². The van der Waals surface area contributed by atoms with Crippen molar-refractivity contribution >= 4 is 6.09 Å². The number of aromatic nitrogens is 2. The van der Waals surface area contributed by atoms with Crippen molar-refractivity contribution in [1.82, 2.24) is 9.78 Å². The Morgan fingerprint density at radius 1 is 1.35 bits per heavy atom. The molecule has 1 heterocycles. The summed E-state index contributed by atoms with van der Waals surface area (Å²) in [6, 6.07) is 5.44. The van der Waals surface area contributed by atoms with Crippen LogP contribution >= 0.6 is 0 Å². The summed E-state index contributed by atoms with van der Waals surface area (Å²) in [5, 5.41) is 21.7. The number of aliphatic hydroxyl groups is 1. The van der Waals surface area contributed by atoms with Gasteiger partial charge in [0.2, 0.25) is 0 Å². The summed E-state index contributed by atoms with van der Waals surface area (Å²) in [5.41, 5.74) is 1.25. The molecule has 0 radical (unpaired) electrons. The van der Waals surface area contributed by atoms with Gasteiger partial charge in [0.1, 0.15) is 5.82 Å². The van der Waals surface area contributed by atoms with E-state index in [1.54, 1.807) is 0 Å². The number of carboxylic acid groups (broad SMARTS) is 1.